The molecule has 0 atom stereocenters. The first-order valence-electron chi connectivity index (χ1n) is 1.87. The fourth-order valence-corrected chi connectivity index (χ4v) is 0.264. The summed E-state index contributed by atoms with van der Waals surface area (Å²) in [6, 6.07) is 0. The second-order valence-corrected chi connectivity index (χ2v) is 1.20. The monoisotopic (exact) mass is 137 g/mol. The van der Waals surface area contributed by atoms with Gasteiger partial charge >= 0.3 is 18.5 Å². The molecule has 1 heterocycles. The van der Waals surface area contributed by atoms with E-state index < -0.39 is 12.1 Å². The molecule has 0 fully saturated rings. The minimum atomic E-state index is -4.55. The van der Waals surface area contributed by atoms with Crippen LogP contribution in [0.15, 0.2) is 4.42 Å². The molecule has 0 aliphatic carbocycles. The molecule has 6 heteroatoms. The molecule has 0 aliphatic rings. The van der Waals surface area contributed by atoms with Crippen molar-refractivity contribution in [1.29, 1.82) is 0 Å². The molecule has 9 heavy (non-hydrogen) atoms. The Labute approximate surface area is 47.5 Å². The molecule has 0 saturated carbocycles. The SMILES string of the molecule is FC(F)(F)c1nn[c]o1. The van der Waals surface area contributed by atoms with Gasteiger partial charge in [-0.1, -0.05) is 0 Å². The average molecular weight is 137 g/mol. The Bertz CT molecular complexity index is 179. The van der Waals surface area contributed by atoms with Gasteiger partial charge in [0, 0.05) is 0 Å². The summed E-state index contributed by atoms with van der Waals surface area (Å²) in [6.07, 6.45) is -2.97. The number of hydrogen-bond donors (Lipinski definition) is 0. The lowest BCUT2D eigenvalue weighted by Crippen LogP contribution is -2.04. The van der Waals surface area contributed by atoms with Crippen LogP contribution in [-0.2, 0) is 6.18 Å². The van der Waals surface area contributed by atoms with Gasteiger partial charge in [0.2, 0.25) is 0 Å². The third-order valence-electron chi connectivity index (χ3n) is 0.566. The Morgan fingerprint density at radius 2 is 2.11 bits per heavy atom. The van der Waals surface area contributed by atoms with Gasteiger partial charge < -0.3 is 4.42 Å². The Morgan fingerprint density at radius 3 is 2.33 bits per heavy atom. The van der Waals surface area contributed by atoms with Crippen LogP contribution in [-0.4, -0.2) is 10.2 Å². The second kappa shape index (κ2) is 1.71. The highest BCUT2D eigenvalue weighted by atomic mass is 19.4. The van der Waals surface area contributed by atoms with Gasteiger partial charge in [0.05, 0.1) is 0 Å². The Hall–Kier alpha value is -1.07. The van der Waals surface area contributed by atoms with Gasteiger partial charge in [0.25, 0.3) is 0 Å². The van der Waals surface area contributed by atoms with Gasteiger partial charge in [0.15, 0.2) is 0 Å². The normalized spacial score (nSPS) is 11.9. The summed E-state index contributed by atoms with van der Waals surface area (Å²) in [6.45, 7) is 0. The Morgan fingerprint density at radius 1 is 1.44 bits per heavy atom. The number of hydrogen-bond acceptors (Lipinski definition) is 3. The lowest BCUT2D eigenvalue weighted by Gasteiger charge is -1.95. The van der Waals surface area contributed by atoms with Crippen LogP contribution in [0.2, 0.25) is 0 Å². The van der Waals surface area contributed by atoms with E-state index in [2.05, 4.69) is 14.6 Å². The van der Waals surface area contributed by atoms with Crippen molar-refractivity contribution in [2.45, 2.75) is 6.18 Å². The highest BCUT2D eigenvalue weighted by Crippen LogP contribution is 2.26. The van der Waals surface area contributed by atoms with Crippen molar-refractivity contribution < 1.29 is 17.6 Å². The highest BCUT2D eigenvalue weighted by molar-refractivity contribution is 4.78. The first-order valence-corrected chi connectivity index (χ1v) is 1.87. The van der Waals surface area contributed by atoms with Gasteiger partial charge in [-0.2, -0.15) is 13.2 Å². The summed E-state index contributed by atoms with van der Waals surface area (Å²) in [5, 5.41) is 5.32. The van der Waals surface area contributed by atoms with Crippen molar-refractivity contribution in [2.24, 2.45) is 0 Å². The predicted octanol–water partition coefficient (Wildman–Crippen LogP) is 0.889. The Balaban J connectivity index is 2.90. The van der Waals surface area contributed by atoms with Crippen molar-refractivity contribution in [2.75, 3.05) is 0 Å². The van der Waals surface area contributed by atoms with E-state index in [1.165, 1.54) is 0 Å². The topological polar surface area (TPSA) is 38.9 Å². The van der Waals surface area contributed by atoms with Crippen LogP contribution in [0.1, 0.15) is 5.89 Å². The summed E-state index contributed by atoms with van der Waals surface area (Å²) in [7, 11) is 0. The summed E-state index contributed by atoms with van der Waals surface area (Å²) in [5.41, 5.74) is 0. The average Bonchev–Trinajstić information content (AvgIpc) is 2.08. The highest BCUT2D eigenvalue weighted by Gasteiger charge is 2.37. The van der Waals surface area contributed by atoms with E-state index in [1.807, 2.05) is 0 Å². The zero-order chi connectivity index (χ0) is 6.91. The molecule has 0 unspecified atom stereocenters. The van der Waals surface area contributed by atoms with Gasteiger partial charge in [-0.15, -0.1) is 10.2 Å². The molecule has 49 valence electrons. The lowest BCUT2D eigenvalue weighted by molar-refractivity contribution is -0.157. The standard InChI is InChI=1S/C3F3N2O/c4-3(5,6)2-8-7-1-9-2. The molecule has 1 radical (unpaired) electrons. The molecular weight excluding hydrogens is 137 g/mol. The number of nitrogens with zero attached hydrogens (tertiary/aromatic N) is 2. The smallest absolute Gasteiger partial charge is 0.409 e. The molecule has 1 rings (SSSR count). The Kier molecular flexibility index (Phi) is 1.15. The van der Waals surface area contributed by atoms with Crippen LogP contribution in [0.5, 0.6) is 0 Å². The van der Waals surface area contributed by atoms with E-state index in [0.717, 1.165) is 0 Å². The maximum Gasteiger partial charge on any atom is 0.470 e. The van der Waals surface area contributed by atoms with E-state index in [0.29, 0.717) is 0 Å². The van der Waals surface area contributed by atoms with Crippen LogP contribution in [0.25, 0.3) is 0 Å². The van der Waals surface area contributed by atoms with Gasteiger partial charge in [0.1, 0.15) is 0 Å². The first kappa shape index (κ1) is 6.06. The largest absolute Gasteiger partial charge is 0.470 e. The number of halogens is 3. The molecule has 1 aromatic heterocycles. The molecule has 0 amide bonds. The van der Waals surface area contributed by atoms with Gasteiger partial charge in [-0.05, 0) is 0 Å². The van der Waals surface area contributed by atoms with E-state index in [4.69, 9.17) is 0 Å². The van der Waals surface area contributed by atoms with Crippen LogP contribution in [0, 0.1) is 6.39 Å². The van der Waals surface area contributed by atoms with Crippen LogP contribution < -0.4 is 0 Å². The lowest BCUT2D eigenvalue weighted by atomic mass is 10.7. The second-order valence-electron chi connectivity index (χ2n) is 1.20. The summed E-state index contributed by atoms with van der Waals surface area (Å²) < 4.78 is 37.9. The molecule has 0 spiro atoms. The minimum absolute atomic E-state index is 1.37. The predicted molar refractivity (Wildman–Crippen MR) is 18.1 cm³/mol. The van der Waals surface area contributed by atoms with Crippen LogP contribution >= 0.6 is 0 Å². The molecule has 1 aromatic rings. The summed E-state index contributed by atoms with van der Waals surface area (Å²) >= 11 is 0. The van der Waals surface area contributed by atoms with Crippen molar-refractivity contribution in [1.82, 2.24) is 10.2 Å². The summed E-state index contributed by atoms with van der Waals surface area (Å²) in [4.78, 5) is 0. The van der Waals surface area contributed by atoms with Gasteiger partial charge in [-0.25, -0.2) is 0 Å². The molecular formula is C3F3N2O. The maximum absolute atomic E-state index is 11.4. The number of rotatable bonds is 0. The van der Waals surface area contributed by atoms with E-state index >= 15 is 0 Å². The van der Waals surface area contributed by atoms with Crippen molar-refractivity contribution >= 4 is 0 Å². The molecule has 0 aromatic carbocycles. The van der Waals surface area contributed by atoms with Crippen LogP contribution in [0.3, 0.4) is 0 Å². The third-order valence-corrected chi connectivity index (χ3v) is 0.566. The number of aromatic nitrogens is 2. The number of alkyl halides is 3. The molecule has 0 bridgehead atoms. The fourth-order valence-electron chi connectivity index (χ4n) is 0.264. The molecule has 0 N–H and O–H groups in total. The van der Waals surface area contributed by atoms with Gasteiger partial charge in [-0.3, -0.25) is 0 Å². The third kappa shape index (κ3) is 1.18. The fraction of sp³-hybridized carbons (Fsp3) is 0.333. The van der Waals surface area contributed by atoms with Crippen LogP contribution in [0.4, 0.5) is 13.2 Å². The van der Waals surface area contributed by atoms with E-state index in [1.54, 1.807) is 6.39 Å². The van der Waals surface area contributed by atoms with Crippen molar-refractivity contribution in [3.05, 3.63) is 12.3 Å². The van der Waals surface area contributed by atoms with Crippen molar-refractivity contribution in [3.8, 4) is 0 Å². The maximum atomic E-state index is 11.4. The zero-order valence-corrected chi connectivity index (χ0v) is 3.94. The minimum Gasteiger partial charge on any atom is -0.409 e. The molecule has 3 nitrogen and oxygen atoms in total. The summed E-state index contributed by atoms with van der Waals surface area (Å²) in [5.74, 6) is -1.37. The van der Waals surface area contributed by atoms with E-state index in [9.17, 15) is 13.2 Å². The molecule has 0 saturated heterocycles. The zero-order valence-electron chi connectivity index (χ0n) is 3.94. The quantitative estimate of drug-likeness (QED) is 0.532. The van der Waals surface area contributed by atoms with Crippen molar-refractivity contribution in [3.63, 3.8) is 0 Å². The van der Waals surface area contributed by atoms with E-state index in [-0.39, 0.29) is 0 Å². The molecule has 0 aliphatic heterocycles. The first-order chi connectivity index (χ1) is 4.11.